The summed E-state index contributed by atoms with van der Waals surface area (Å²) in [6.45, 7) is 4.21. The summed E-state index contributed by atoms with van der Waals surface area (Å²) < 4.78 is 6.57. The lowest BCUT2D eigenvalue weighted by molar-refractivity contribution is 0.0699. The first kappa shape index (κ1) is 14.7. The summed E-state index contributed by atoms with van der Waals surface area (Å²) in [4.78, 5) is 28.6. The summed E-state index contributed by atoms with van der Waals surface area (Å²) in [5, 5.41) is 10.8. The molecule has 1 N–H and O–H groups in total. The molecule has 2 aromatic heterocycles. The van der Waals surface area contributed by atoms with Crippen LogP contribution < -0.4 is 5.56 Å². The van der Waals surface area contributed by atoms with Crippen molar-refractivity contribution in [1.29, 1.82) is 0 Å². The highest BCUT2D eigenvalue weighted by atomic mass is 32.1. The van der Waals surface area contributed by atoms with Crippen LogP contribution in [0.4, 0.5) is 0 Å². The first-order valence-electron chi connectivity index (χ1n) is 6.22. The van der Waals surface area contributed by atoms with E-state index in [-0.39, 0.29) is 22.6 Å². The topological polar surface area (TPSA) is 81.4 Å². The average molecular weight is 296 g/mol. The molecule has 2 rings (SSSR count). The lowest BCUT2D eigenvalue weighted by Crippen LogP contribution is -2.28. The minimum atomic E-state index is -1.10. The molecule has 0 unspecified atom stereocenters. The lowest BCUT2D eigenvalue weighted by atomic mass is 10.2. The molecular weight excluding hydrogens is 280 g/mol. The molecule has 0 saturated heterocycles. The van der Waals surface area contributed by atoms with E-state index in [9.17, 15) is 9.59 Å². The molecule has 2 heterocycles. The quantitative estimate of drug-likeness (QED) is 0.911. The Labute approximate surface area is 119 Å². The number of ether oxygens (including phenoxy) is 1. The summed E-state index contributed by atoms with van der Waals surface area (Å²) in [5.41, 5.74) is -0.273. The number of methoxy groups -OCH3 is 1. The van der Waals surface area contributed by atoms with Crippen LogP contribution >= 0.6 is 11.3 Å². The highest BCUT2D eigenvalue weighted by molar-refractivity contribution is 7.17. The first-order valence-corrected chi connectivity index (χ1v) is 7.10. The van der Waals surface area contributed by atoms with E-state index in [1.165, 1.54) is 16.7 Å². The maximum absolute atomic E-state index is 12.6. The van der Waals surface area contributed by atoms with Crippen molar-refractivity contribution in [2.75, 3.05) is 13.7 Å². The van der Waals surface area contributed by atoms with Gasteiger partial charge in [0.15, 0.2) is 0 Å². The van der Waals surface area contributed by atoms with Crippen molar-refractivity contribution in [2.24, 2.45) is 0 Å². The van der Waals surface area contributed by atoms with Crippen LogP contribution in [0, 0.1) is 0 Å². The minimum Gasteiger partial charge on any atom is -0.478 e. The van der Waals surface area contributed by atoms with Gasteiger partial charge in [0.1, 0.15) is 10.7 Å². The van der Waals surface area contributed by atoms with Gasteiger partial charge in [0.05, 0.1) is 17.6 Å². The number of thiophene rings is 1. The predicted octanol–water partition coefficient (Wildman–Crippen LogP) is 1.93. The Hall–Kier alpha value is -1.73. The number of aromatic nitrogens is 2. The van der Waals surface area contributed by atoms with Crippen LogP contribution in [0.5, 0.6) is 0 Å². The largest absolute Gasteiger partial charge is 0.478 e. The summed E-state index contributed by atoms with van der Waals surface area (Å²) in [5.74, 6) is -0.478. The zero-order valence-electron chi connectivity index (χ0n) is 11.5. The number of carboxylic acids is 1. The number of hydrogen-bond acceptors (Lipinski definition) is 5. The Morgan fingerprint density at radius 1 is 1.55 bits per heavy atom. The molecule has 0 bridgehead atoms. The smallest absolute Gasteiger partial charge is 0.337 e. The Bertz CT molecular complexity index is 702. The number of aromatic carboxylic acids is 1. The molecule has 0 aliphatic heterocycles. The molecule has 0 spiro atoms. The molecule has 6 nitrogen and oxygen atoms in total. The van der Waals surface area contributed by atoms with E-state index in [2.05, 4.69) is 4.98 Å². The third-order valence-corrected chi connectivity index (χ3v) is 3.86. The minimum absolute atomic E-state index is 0.0233. The van der Waals surface area contributed by atoms with E-state index in [1.54, 1.807) is 11.7 Å². The van der Waals surface area contributed by atoms with Crippen molar-refractivity contribution in [2.45, 2.75) is 26.3 Å². The van der Waals surface area contributed by atoms with E-state index in [4.69, 9.17) is 9.84 Å². The second-order valence-corrected chi connectivity index (χ2v) is 5.53. The monoisotopic (exact) mass is 296 g/mol. The van der Waals surface area contributed by atoms with E-state index in [0.29, 0.717) is 23.7 Å². The molecule has 108 valence electrons. The Morgan fingerprint density at radius 2 is 2.25 bits per heavy atom. The fourth-order valence-electron chi connectivity index (χ4n) is 2.11. The van der Waals surface area contributed by atoms with Crippen LogP contribution in [-0.2, 0) is 11.2 Å². The first-order chi connectivity index (χ1) is 9.47. The van der Waals surface area contributed by atoms with Crippen molar-refractivity contribution in [3.63, 3.8) is 0 Å². The van der Waals surface area contributed by atoms with Crippen LogP contribution in [0.25, 0.3) is 10.2 Å². The third kappa shape index (κ3) is 2.46. The molecule has 0 aliphatic rings. The van der Waals surface area contributed by atoms with Crippen molar-refractivity contribution in [1.82, 2.24) is 9.55 Å². The highest BCUT2D eigenvalue weighted by Crippen LogP contribution is 2.23. The number of carbonyl (C=O) groups is 1. The van der Waals surface area contributed by atoms with Crippen molar-refractivity contribution in [3.05, 3.63) is 27.1 Å². The Kier molecular flexibility index (Phi) is 4.20. The summed E-state index contributed by atoms with van der Waals surface area (Å²) in [6, 6.07) is -0.0900. The standard InChI is InChI=1S/C13H16N2O4S/c1-7(2)15-9(4-5-19-3)14-11-10(12(15)16)8(6-20-11)13(17)18/h6-7H,4-5H2,1-3H3,(H,17,18). The molecule has 7 heteroatoms. The molecule has 0 radical (unpaired) electrons. The van der Waals surface area contributed by atoms with Gasteiger partial charge in [0, 0.05) is 25.0 Å². The van der Waals surface area contributed by atoms with Crippen molar-refractivity contribution < 1.29 is 14.6 Å². The van der Waals surface area contributed by atoms with Gasteiger partial charge in [-0.05, 0) is 13.8 Å². The molecule has 0 aliphatic carbocycles. The van der Waals surface area contributed by atoms with Crippen molar-refractivity contribution >= 4 is 27.5 Å². The van der Waals surface area contributed by atoms with Crippen LogP contribution in [0.1, 0.15) is 36.1 Å². The number of carboxylic acid groups (broad SMARTS) is 1. The maximum Gasteiger partial charge on any atom is 0.337 e. The van der Waals surface area contributed by atoms with Gasteiger partial charge in [-0.15, -0.1) is 11.3 Å². The normalized spacial score (nSPS) is 11.4. The van der Waals surface area contributed by atoms with Gasteiger partial charge >= 0.3 is 5.97 Å². The fourth-order valence-corrected chi connectivity index (χ4v) is 3.03. The number of nitrogens with zero attached hydrogens (tertiary/aromatic N) is 2. The van der Waals surface area contributed by atoms with Gasteiger partial charge < -0.3 is 9.84 Å². The average Bonchev–Trinajstić information content (AvgIpc) is 2.80. The fraction of sp³-hybridized carbons (Fsp3) is 0.462. The molecule has 0 saturated carbocycles. The molecule has 0 fully saturated rings. The highest BCUT2D eigenvalue weighted by Gasteiger charge is 2.20. The van der Waals surface area contributed by atoms with Crippen LogP contribution in [0.3, 0.4) is 0 Å². The van der Waals surface area contributed by atoms with Gasteiger partial charge in [-0.25, -0.2) is 9.78 Å². The summed E-state index contributed by atoms with van der Waals surface area (Å²) >= 11 is 1.18. The Morgan fingerprint density at radius 3 is 2.80 bits per heavy atom. The van der Waals surface area contributed by atoms with Gasteiger partial charge in [-0.2, -0.15) is 0 Å². The number of fused-ring (bicyclic) bond motifs is 1. The summed E-state index contributed by atoms with van der Waals surface area (Å²) in [7, 11) is 1.59. The molecule has 20 heavy (non-hydrogen) atoms. The SMILES string of the molecule is COCCc1nc2scc(C(=O)O)c2c(=O)n1C(C)C. The van der Waals surface area contributed by atoms with E-state index in [0.717, 1.165) is 0 Å². The number of hydrogen-bond donors (Lipinski definition) is 1. The van der Waals surface area contributed by atoms with E-state index >= 15 is 0 Å². The van der Waals surface area contributed by atoms with Crippen molar-refractivity contribution in [3.8, 4) is 0 Å². The Balaban J connectivity index is 2.74. The zero-order valence-corrected chi connectivity index (χ0v) is 12.4. The van der Waals surface area contributed by atoms with Crippen LogP contribution in [0.2, 0.25) is 0 Å². The maximum atomic E-state index is 12.6. The number of rotatable bonds is 5. The third-order valence-electron chi connectivity index (χ3n) is 2.99. The second-order valence-electron chi connectivity index (χ2n) is 4.67. The molecular formula is C13H16N2O4S. The van der Waals surface area contributed by atoms with E-state index in [1.807, 2.05) is 13.8 Å². The molecule has 0 aromatic carbocycles. The second kappa shape index (κ2) is 5.72. The molecule has 2 aromatic rings. The summed E-state index contributed by atoms with van der Waals surface area (Å²) in [6.07, 6.45) is 0.514. The predicted molar refractivity (Wildman–Crippen MR) is 76.8 cm³/mol. The van der Waals surface area contributed by atoms with Gasteiger partial charge in [-0.1, -0.05) is 0 Å². The van der Waals surface area contributed by atoms with Gasteiger partial charge in [0.25, 0.3) is 5.56 Å². The molecule has 0 atom stereocenters. The lowest BCUT2D eigenvalue weighted by Gasteiger charge is -2.15. The van der Waals surface area contributed by atoms with Crippen LogP contribution in [0.15, 0.2) is 10.2 Å². The van der Waals surface area contributed by atoms with Crippen LogP contribution in [-0.4, -0.2) is 34.3 Å². The van der Waals surface area contributed by atoms with Gasteiger partial charge in [-0.3, -0.25) is 9.36 Å². The van der Waals surface area contributed by atoms with Gasteiger partial charge in [0.2, 0.25) is 0 Å². The van der Waals surface area contributed by atoms with E-state index < -0.39 is 5.97 Å². The zero-order chi connectivity index (χ0) is 14.9. The molecule has 0 amide bonds.